The Bertz CT molecular complexity index is 1300. The standard InChI is InChI=1S/C24H27N3O5/c1-14-9-15(2)23(16(3)10-14)25-21-12-18(26(4)24(30)27(21)5)17-7-8-19(20(11-17)31-6)32-13-22(28)29/h7-12H,13H2,1-6H3,(H,28,29)/b25-21-. The molecule has 0 aliphatic carbocycles. The second-order valence-corrected chi connectivity index (χ2v) is 7.70. The van der Waals surface area contributed by atoms with Crippen LogP contribution >= 0.6 is 0 Å². The Morgan fingerprint density at radius 3 is 2.25 bits per heavy atom. The zero-order chi connectivity index (χ0) is 23.6. The summed E-state index contributed by atoms with van der Waals surface area (Å²) in [7, 11) is 4.85. The molecule has 2 aromatic carbocycles. The zero-order valence-corrected chi connectivity index (χ0v) is 19.1. The van der Waals surface area contributed by atoms with Crippen molar-refractivity contribution in [2.24, 2.45) is 19.1 Å². The molecule has 8 nitrogen and oxygen atoms in total. The lowest BCUT2D eigenvalue weighted by molar-refractivity contribution is -0.139. The molecule has 0 aliphatic rings. The lowest BCUT2D eigenvalue weighted by Crippen LogP contribution is -2.37. The van der Waals surface area contributed by atoms with E-state index in [-0.39, 0.29) is 5.69 Å². The molecule has 0 unspecified atom stereocenters. The third-order valence-electron chi connectivity index (χ3n) is 5.22. The van der Waals surface area contributed by atoms with Gasteiger partial charge in [0, 0.05) is 25.7 Å². The fourth-order valence-electron chi connectivity index (χ4n) is 3.68. The molecule has 0 saturated carbocycles. The van der Waals surface area contributed by atoms with E-state index in [1.807, 2.05) is 26.8 Å². The highest BCUT2D eigenvalue weighted by Crippen LogP contribution is 2.32. The Hall–Kier alpha value is -3.81. The Morgan fingerprint density at radius 2 is 1.66 bits per heavy atom. The summed E-state index contributed by atoms with van der Waals surface area (Å²) in [6.45, 7) is 5.56. The van der Waals surface area contributed by atoms with Crippen molar-refractivity contribution in [2.75, 3.05) is 13.7 Å². The second-order valence-electron chi connectivity index (χ2n) is 7.70. The minimum absolute atomic E-state index is 0.228. The maximum Gasteiger partial charge on any atom is 0.341 e. The van der Waals surface area contributed by atoms with Crippen LogP contribution in [0.1, 0.15) is 16.7 Å². The predicted molar refractivity (Wildman–Crippen MR) is 122 cm³/mol. The summed E-state index contributed by atoms with van der Waals surface area (Å²) in [6, 6.07) is 11.0. The lowest BCUT2D eigenvalue weighted by atomic mass is 10.1. The van der Waals surface area contributed by atoms with E-state index in [0.29, 0.717) is 28.2 Å². The summed E-state index contributed by atoms with van der Waals surface area (Å²) in [6.07, 6.45) is 0. The van der Waals surface area contributed by atoms with Gasteiger partial charge in [-0.1, -0.05) is 17.7 Å². The summed E-state index contributed by atoms with van der Waals surface area (Å²) in [5.41, 5.74) is 5.69. The van der Waals surface area contributed by atoms with Crippen molar-refractivity contribution >= 4 is 11.7 Å². The molecule has 0 atom stereocenters. The van der Waals surface area contributed by atoms with Gasteiger partial charge in [0.25, 0.3) is 0 Å². The highest BCUT2D eigenvalue weighted by Gasteiger charge is 2.13. The average Bonchev–Trinajstić information content (AvgIpc) is 2.74. The Labute approximate surface area is 186 Å². The first kappa shape index (κ1) is 22.9. The third kappa shape index (κ3) is 4.59. The van der Waals surface area contributed by atoms with Gasteiger partial charge in [-0.25, -0.2) is 14.6 Å². The summed E-state index contributed by atoms with van der Waals surface area (Å²) >= 11 is 0. The number of aryl methyl sites for hydroxylation is 3. The first-order chi connectivity index (χ1) is 15.1. The van der Waals surface area contributed by atoms with Gasteiger partial charge in [-0.3, -0.25) is 9.13 Å². The minimum Gasteiger partial charge on any atom is -0.493 e. The highest BCUT2D eigenvalue weighted by molar-refractivity contribution is 5.69. The van der Waals surface area contributed by atoms with Gasteiger partial charge in [-0.05, 0) is 50.1 Å². The molecule has 1 N–H and O–H groups in total. The van der Waals surface area contributed by atoms with Crippen LogP contribution in [0.5, 0.6) is 11.5 Å². The average molecular weight is 437 g/mol. The van der Waals surface area contributed by atoms with E-state index >= 15 is 0 Å². The number of hydrogen-bond acceptors (Lipinski definition) is 5. The molecule has 3 aromatic rings. The molecule has 3 rings (SSSR count). The van der Waals surface area contributed by atoms with E-state index in [9.17, 15) is 9.59 Å². The summed E-state index contributed by atoms with van der Waals surface area (Å²) in [5, 5.41) is 8.85. The van der Waals surface area contributed by atoms with Crippen LogP contribution in [-0.2, 0) is 18.9 Å². The number of hydrogen-bond donors (Lipinski definition) is 1. The van der Waals surface area contributed by atoms with Crippen LogP contribution in [0.4, 0.5) is 5.69 Å². The number of rotatable bonds is 6. The number of nitrogens with zero attached hydrogens (tertiary/aromatic N) is 3. The fourth-order valence-corrected chi connectivity index (χ4v) is 3.68. The molecule has 0 radical (unpaired) electrons. The van der Waals surface area contributed by atoms with Crippen molar-refractivity contribution in [3.8, 4) is 22.8 Å². The summed E-state index contributed by atoms with van der Waals surface area (Å²) in [4.78, 5) is 28.6. The molecule has 0 fully saturated rings. The topological polar surface area (TPSA) is 95.0 Å². The number of aromatic nitrogens is 2. The van der Waals surface area contributed by atoms with Crippen molar-refractivity contribution in [1.82, 2.24) is 9.13 Å². The number of carboxylic acids is 1. The van der Waals surface area contributed by atoms with Gasteiger partial charge in [0.05, 0.1) is 18.5 Å². The number of aliphatic carboxylic acids is 1. The number of methoxy groups -OCH3 is 1. The number of carboxylic acid groups (broad SMARTS) is 1. The molecule has 1 aromatic heterocycles. The van der Waals surface area contributed by atoms with Crippen molar-refractivity contribution in [2.45, 2.75) is 20.8 Å². The van der Waals surface area contributed by atoms with Crippen molar-refractivity contribution < 1.29 is 19.4 Å². The molecule has 8 heteroatoms. The van der Waals surface area contributed by atoms with E-state index in [4.69, 9.17) is 19.6 Å². The number of benzene rings is 2. The lowest BCUT2D eigenvalue weighted by Gasteiger charge is -2.14. The third-order valence-corrected chi connectivity index (χ3v) is 5.22. The van der Waals surface area contributed by atoms with E-state index in [1.54, 1.807) is 32.3 Å². The highest BCUT2D eigenvalue weighted by atomic mass is 16.5. The second kappa shape index (κ2) is 9.13. The van der Waals surface area contributed by atoms with E-state index in [2.05, 4.69) is 12.1 Å². The first-order valence-electron chi connectivity index (χ1n) is 10.0. The smallest absolute Gasteiger partial charge is 0.341 e. The first-order valence-corrected chi connectivity index (χ1v) is 10.0. The van der Waals surface area contributed by atoms with Crippen molar-refractivity contribution in [3.63, 3.8) is 0 Å². The minimum atomic E-state index is -1.08. The molecule has 168 valence electrons. The van der Waals surface area contributed by atoms with Crippen LogP contribution in [0, 0.1) is 20.8 Å². The van der Waals surface area contributed by atoms with Crippen LogP contribution in [0.3, 0.4) is 0 Å². The van der Waals surface area contributed by atoms with Crippen molar-refractivity contribution in [1.29, 1.82) is 0 Å². The van der Waals surface area contributed by atoms with Crippen LogP contribution in [-0.4, -0.2) is 33.9 Å². The van der Waals surface area contributed by atoms with Crippen LogP contribution in [0.15, 0.2) is 46.2 Å². The van der Waals surface area contributed by atoms with Crippen LogP contribution in [0.2, 0.25) is 0 Å². The molecule has 0 bridgehead atoms. The van der Waals surface area contributed by atoms with Gasteiger partial charge in [-0.2, -0.15) is 0 Å². The largest absolute Gasteiger partial charge is 0.493 e. The maximum atomic E-state index is 12.9. The molecule has 0 spiro atoms. The van der Waals surface area contributed by atoms with Gasteiger partial charge < -0.3 is 14.6 Å². The molecule has 32 heavy (non-hydrogen) atoms. The molecule has 0 saturated heterocycles. The van der Waals surface area contributed by atoms with Crippen LogP contribution < -0.4 is 20.7 Å². The van der Waals surface area contributed by atoms with Gasteiger partial charge in [0.1, 0.15) is 5.49 Å². The number of carbonyl (C=O) groups is 1. The van der Waals surface area contributed by atoms with E-state index in [0.717, 1.165) is 22.4 Å². The monoisotopic (exact) mass is 437 g/mol. The SMILES string of the molecule is COc1cc(-c2c/c(=N/c3c(C)cc(C)cc3C)n(C)c(=O)n2C)ccc1OCC(=O)O. The van der Waals surface area contributed by atoms with Gasteiger partial charge in [0.2, 0.25) is 0 Å². The molecular weight excluding hydrogens is 410 g/mol. The molecule has 1 heterocycles. The molecule has 0 amide bonds. The van der Waals surface area contributed by atoms with Gasteiger partial charge in [-0.15, -0.1) is 0 Å². The van der Waals surface area contributed by atoms with E-state index in [1.165, 1.54) is 16.2 Å². The van der Waals surface area contributed by atoms with E-state index < -0.39 is 12.6 Å². The van der Waals surface area contributed by atoms with Gasteiger partial charge >= 0.3 is 11.7 Å². The molecule has 0 aliphatic heterocycles. The Morgan fingerprint density at radius 1 is 1.00 bits per heavy atom. The number of ether oxygens (including phenoxy) is 2. The van der Waals surface area contributed by atoms with Crippen molar-refractivity contribution in [3.05, 3.63) is 69.1 Å². The molecular formula is C24H27N3O5. The quantitative estimate of drug-likeness (QED) is 0.640. The Kier molecular flexibility index (Phi) is 6.53. The summed E-state index contributed by atoms with van der Waals surface area (Å²) < 4.78 is 13.7. The Balaban J connectivity index is 2.19. The van der Waals surface area contributed by atoms with Gasteiger partial charge in [0.15, 0.2) is 18.1 Å². The fraction of sp³-hybridized carbons (Fsp3) is 0.292. The normalized spacial score (nSPS) is 11.5. The predicted octanol–water partition coefficient (Wildman–Crippen LogP) is 3.02. The maximum absolute atomic E-state index is 12.9. The summed E-state index contributed by atoms with van der Waals surface area (Å²) in [5.74, 6) is -0.406. The van der Waals surface area contributed by atoms with Crippen LogP contribution in [0.25, 0.3) is 11.3 Å². The zero-order valence-electron chi connectivity index (χ0n) is 19.1.